The first-order valence-corrected chi connectivity index (χ1v) is 8.54. The van der Waals surface area contributed by atoms with E-state index in [1.165, 1.54) is 4.88 Å². The van der Waals surface area contributed by atoms with E-state index in [2.05, 4.69) is 22.5 Å². The van der Waals surface area contributed by atoms with E-state index in [1.807, 2.05) is 17.0 Å². The zero-order valence-corrected chi connectivity index (χ0v) is 13.3. The summed E-state index contributed by atoms with van der Waals surface area (Å²) in [5.41, 5.74) is 0.528. The average molecular weight is 316 g/mol. The van der Waals surface area contributed by atoms with E-state index in [4.69, 9.17) is 4.74 Å². The molecule has 3 rings (SSSR count). The van der Waals surface area contributed by atoms with Gasteiger partial charge in [0, 0.05) is 36.9 Å². The summed E-state index contributed by atoms with van der Waals surface area (Å²) in [6.07, 6.45) is 4.38. The van der Waals surface area contributed by atoms with Gasteiger partial charge in [-0.05, 0) is 42.8 Å². The highest BCUT2D eigenvalue weighted by Crippen LogP contribution is 2.19. The Labute approximate surface area is 134 Å². The molecule has 0 radical (unpaired) electrons. The number of aromatic nitrogens is 1. The summed E-state index contributed by atoms with van der Waals surface area (Å²) in [7, 11) is 0. The van der Waals surface area contributed by atoms with Gasteiger partial charge < -0.3 is 9.64 Å². The van der Waals surface area contributed by atoms with Crippen molar-refractivity contribution < 1.29 is 9.53 Å². The molecule has 0 saturated carbocycles. The van der Waals surface area contributed by atoms with Gasteiger partial charge in [0.1, 0.15) is 5.69 Å². The molecule has 5 heteroatoms. The zero-order chi connectivity index (χ0) is 15.2. The van der Waals surface area contributed by atoms with Crippen LogP contribution in [-0.4, -0.2) is 41.6 Å². The number of amides is 1. The molecule has 1 amide bonds. The fourth-order valence-electron chi connectivity index (χ4n) is 2.77. The number of carbonyl (C=O) groups excluding carboxylic acids is 1. The number of hydrogen-bond acceptors (Lipinski definition) is 4. The van der Waals surface area contributed by atoms with E-state index in [1.54, 1.807) is 23.6 Å². The standard InChI is InChI=1S/C17H20N2O2S/c20-17(16-5-1-2-9-18-16)19(14-7-11-21-12-8-14)10-6-15-4-3-13-22-15/h1-5,9,13-14H,6-8,10-12H2. The Kier molecular flexibility index (Phi) is 5.19. The minimum Gasteiger partial charge on any atom is -0.381 e. The molecule has 0 spiro atoms. The monoisotopic (exact) mass is 316 g/mol. The zero-order valence-electron chi connectivity index (χ0n) is 12.5. The van der Waals surface area contributed by atoms with Crippen LogP contribution < -0.4 is 0 Å². The maximum atomic E-state index is 12.8. The van der Waals surface area contributed by atoms with Crippen LogP contribution in [0.4, 0.5) is 0 Å². The molecule has 1 aliphatic rings. The van der Waals surface area contributed by atoms with Gasteiger partial charge in [0.2, 0.25) is 0 Å². The van der Waals surface area contributed by atoms with Crippen LogP contribution in [0.15, 0.2) is 41.9 Å². The highest BCUT2D eigenvalue weighted by Gasteiger charge is 2.27. The SMILES string of the molecule is O=C(c1ccccn1)N(CCc1cccs1)C1CCOCC1. The van der Waals surface area contributed by atoms with Crippen LogP contribution in [0.1, 0.15) is 28.2 Å². The largest absolute Gasteiger partial charge is 0.381 e. The van der Waals surface area contributed by atoms with Crippen LogP contribution in [-0.2, 0) is 11.2 Å². The summed E-state index contributed by atoms with van der Waals surface area (Å²) >= 11 is 1.74. The Balaban J connectivity index is 1.74. The summed E-state index contributed by atoms with van der Waals surface area (Å²) in [4.78, 5) is 20.4. The second kappa shape index (κ2) is 7.51. The van der Waals surface area contributed by atoms with Crippen LogP contribution >= 0.6 is 11.3 Å². The summed E-state index contributed by atoms with van der Waals surface area (Å²) in [6.45, 7) is 2.20. The second-order valence-electron chi connectivity index (χ2n) is 5.39. The van der Waals surface area contributed by atoms with E-state index in [0.29, 0.717) is 5.69 Å². The highest BCUT2D eigenvalue weighted by molar-refractivity contribution is 7.09. The Morgan fingerprint density at radius 1 is 1.27 bits per heavy atom. The van der Waals surface area contributed by atoms with Crippen molar-refractivity contribution in [3.8, 4) is 0 Å². The van der Waals surface area contributed by atoms with Crippen LogP contribution in [0.5, 0.6) is 0 Å². The molecule has 116 valence electrons. The maximum Gasteiger partial charge on any atom is 0.272 e. The van der Waals surface area contributed by atoms with Crippen molar-refractivity contribution >= 4 is 17.2 Å². The van der Waals surface area contributed by atoms with Crippen molar-refractivity contribution in [3.05, 3.63) is 52.5 Å². The molecule has 0 aromatic carbocycles. The molecule has 0 atom stereocenters. The first-order chi connectivity index (χ1) is 10.8. The smallest absolute Gasteiger partial charge is 0.272 e. The summed E-state index contributed by atoms with van der Waals surface area (Å²) in [6, 6.07) is 9.92. The molecule has 3 heterocycles. The lowest BCUT2D eigenvalue weighted by molar-refractivity contribution is 0.0290. The minimum atomic E-state index is 0.0315. The highest BCUT2D eigenvalue weighted by atomic mass is 32.1. The van der Waals surface area contributed by atoms with Gasteiger partial charge in [0.05, 0.1) is 0 Å². The molecule has 4 nitrogen and oxygen atoms in total. The molecule has 2 aromatic heterocycles. The summed E-state index contributed by atoms with van der Waals surface area (Å²) in [5.74, 6) is 0.0315. The van der Waals surface area contributed by atoms with Crippen molar-refractivity contribution in [2.45, 2.75) is 25.3 Å². The van der Waals surface area contributed by atoms with Crippen molar-refractivity contribution in [2.24, 2.45) is 0 Å². The van der Waals surface area contributed by atoms with Gasteiger partial charge in [-0.1, -0.05) is 12.1 Å². The number of rotatable bonds is 5. The number of thiophene rings is 1. The van der Waals surface area contributed by atoms with Gasteiger partial charge in [-0.2, -0.15) is 0 Å². The molecule has 22 heavy (non-hydrogen) atoms. The quantitative estimate of drug-likeness (QED) is 0.851. The Morgan fingerprint density at radius 2 is 2.14 bits per heavy atom. The first-order valence-electron chi connectivity index (χ1n) is 7.67. The normalized spacial score (nSPS) is 15.6. The van der Waals surface area contributed by atoms with Crippen LogP contribution in [0.2, 0.25) is 0 Å². The number of carbonyl (C=O) groups is 1. The molecular formula is C17H20N2O2S. The second-order valence-corrected chi connectivity index (χ2v) is 6.42. The van der Waals surface area contributed by atoms with E-state index < -0.39 is 0 Å². The molecule has 0 aliphatic carbocycles. The van der Waals surface area contributed by atoms with E-state index in [-0.39, 0.29) is 11.9 Å². The van der Waals surface area contributed by atoms with Gasteiger partial charge >= 0.3 is 0 Å². The van der Waals surface area contributed by atoms with Gasteiger partial charge in [-0.3, -0.25) is 9.78 Å². The molecule has 0 bridgehead atoms. The Morgan fingerprint density at radius 3 is 2.82 bits per heavy atom. The number of hydrogen-bond donors (Lipinski definition) is 0. The number of ether oxygens (including phenoxy) is 1. The molecule has 1 aliphatic heterocycles. The van der Waals surface area contributed by atoms with Crippen molar-refractivity contribution in [1.82, 2.24) is 9.88 Å². The topological polar surface area (TPSA) is 42.4 Å². The number of nitrogens with zero attached hydrogens (tertiary/aromatic N) is 2. The molecular weight excluding hydrogens is 296 g/mol. The van der Waals surface area contributed by atoms with E-state index in [0.717, 1.165) is 39.0 Å². The Hall–Kier alpha value is -1.72. The molecule has 1 saturated heterocycles. The lowest BCUT2D eigenvalue weighted by atomic mass is 10.1. The third-order valence-electron chi connectivity index (χ3n) is 3.96. The van der Waals surface area contributed by atoms with E-state index in [9.17, 15) is 4.79 Å². The van der Waals surface area contributed by atoms with Crippen molar-refractivity contribution in [1.29, 1.82) is 0 Å². The van der Waals surface area contributed by atoms with Gasteiger partial charge in [0.15, 0.2) is 0 Å². The van der Waals surface area contributed by atoms with Crippen LogP contribution in [0, 0.1) is 0 Å². The molecule has 2 aromatic rings. The third kappa shape index (κ3) is 3.72. The third-order valence-corrected chi connectivity index (χ3v) is 4.89. The summed E-state index contributed by atoms with van der Waals surface area (Å²) < 4.78 is 5.43. The predicted molar refractivity (Wildman–Crippen MR) is 87.1 cm³/mol. The van der Waals surface area contributed by atoms with E-state index >= 15 is 0 Å². The predicted octanol–water partition coefficient (Wildman–Crippen LogP) is 3.01. The van der Waals surface area contributed by atoms with Gasteiger partial charge in [-0.25, -0.2) is 0 Å². The number of pyridine rings is 1. The van der Waals surface area contributed by atoms with Gasteiger partial charge in [-0.15, -0.1) is 11.3 Å². The van der Waals surface area contributed by atoms with Crippen LogP contribution in [0.3, 0.4) is 0 Å². The lowest BCUT2D eigenvalue weighted by Crippen LogP contribution is -2.44. The average Bonchev–Trinajstić information content (AvgIpc) is 3.10. The fourth-order valence-corrected chi connectivity index (χ4v) is 3.47. The first kappa shape index (κ1) is 15.2. The maximum absolute atomic E-state index is 12.8. The molecule has 1 fully saturated rings. The lowest BCUT2D eigenvalue weighted by Gasteiger charge is -2.34. The molecule has 0 unspecified atom stereocenters. The van der Waals surface area contributed by atoms with Gasteiger partial charge in [0.25, 0.3) is 5.91 Å². The minimum absolute atomic E-state index is 0.0315. The van der Waals surface area contributed by atoms with Crippen molar-refractivity contribution in [2.75, 3.05) is 19.8 Å². The fraction of sp³-hybridized carbons (Fsp3) is 0.412. The van der Waals surface area contributed by atoms with Crippen molar-refractivity contribution in [3.63, 3.8) is 0 Å². The Bertz CT molecular complexity index is 580. The molecule has 0 N–H and O–H groups in total. The van der Waals surface area contributed by atoms with Crippen LogP contribution in [0.25, 0.3) is 0 Å². The summed E-state index contributed by atoms with van der Waals surface area (Å²) in [5, 5.41) is 2.08.